The maximum absolute atomic E-state index is 13.6. The molecule has 1 amide bonds. The SMILES string of the molecule is CCSc1ccccc1NC(=O)c1cc(Cl)ccc1F. The topological polar surface area (TPSA) is 29.1 Å². The summed E-state index contributed by atoms with van der Waals surface area (Å²) in [6.07, 6.45) is 0. The number of hydrogen-bond acceptors (Lipinski definition) is 2. The third kappa shape index (κ3) is 3.52. The number of nitrogens with one attached hydrogen (secondary N) is 1. The first-order valence-corrected chi connectivity index (χ1v) is 7.46. The van der Waals surface area contributed by atoms with Crippen LogP contribution in [0.4, 0.5) is 10.1 Å². The van der Waals surface area contributed by atoms with Crippen molar-refractivity contribution in [2.24, 2.45) is 0 Å². The van der Waals surface area contributed by atoms with Crippen molar-refractivity contribution in [1.29, 1.82) is 0 Å². The van der Waals surface area contributed by atoms with Gasteiger partial charge < -0.3 is 5.32 Å². The molecule has 0 radical (unpaired) electrons. The molecule has 0 heterocycles. The van der Waals surface area contributed by atoms with Gasteiger partial charge in [0.15, 0.2) is 0 Å². The normalized spacial score (nSPS) is 10.3. The van der Waals surface area contributed by atoms with Crippen molar-refractivity contribution in [2.45, 2.75) is 11.8 Å². The average Bonchev–Trinajstić information content (AvgIpc) is 2.44. The highest BCUT2D eigenvalue weighted by Crippen LogP contribution is 2.27. The lowest BCUT2D eigenvalue weighted by Gasteiger charge is -2.10. The number of thioether (sulfide) groups is 1. The maximum atomic E-state index is 13.6. The summed E-state index contributed by atoms with van der Waals surface area (Å²) in [7, 11) is 0. The molecular weight excluding hydrogens is 297 g/mol. The third-order valence-electron chi connectivity index (χ3n) is 2.61. The molecule has 0 fully saturated rings. The van der Waals surface area contributed by atoms with E-state index in [1.165, 1.54) is 18.2 Å². The van der Waals surface area contributed by atoms with Gasteiger partial charge in [0.2, 0.25) is 0 Å². The number of anilines is 1. The van der Waals surface area contributed by atoms with Crippen molar-refractivity contribution in [1.82, 2.24) is 0 Å². The molecule has 0 aromatic heterocycles. The van der Waals surface area contributed by atoms with Gasteiger partial charge in [-0.05, 0) is 36.1 Å². The van der Waals surface area contributed by atoms with E-state index in [4.69, 9.17) is 11.6 Å². The number of halogens is 2. The molecule has 2 nitrogen and oxygen atoms in total. The quantitative estimate of drug-likeness (QED) is 0.818. The third-order valence-corrected chi connectivity index (χ3v) is 3.80. The Hall–Kier alpha value is -1.52. The molecule has 0 aliphatic rings. The summed E-state index contributed by atoms with van der Waals surface area (Å²) in [5.74, 6) is -0.208. The van der Waals surface area contributed by atoms with E-state index in [9.17, 15) is 9.18 Å². The van der Waals surface area contributed by atoms with E-state index in [1.807, 2.05) is 25.1 Å². The second-order valence-corrected chi connectivity index (χ2v) is 5.75. The molecule has 1 N–H and O–H groups in total. The van der Waals surface area contributed by atoms with Gasteiger partial charge in [-0.1, -0.05) is 30.7 Å². The van der Waals surface area contributed by atoms with Crippen molar-refractivity contribution < 1.29 is 9.18 Å². The molecule has 0 aliphatic carbocycles. The summed E-state index contributed by atoms with van der Waals surface area (Å²) < 4.78 is 13.6. The largest absolute Gasteiger partial charge is 0.321 e. The van der Waals surface area contributed by atoms with E-state index in [2.05, 4.69) is 5.32 Å². The van der Waals surface area contributed by atoms with E-state index in [0.29, 0.717) is 10.7 Å². The summed E-state index contributed by atoms with van der Waals surface area (Å²) in [6.45, 7) is 2.03. The second kappa shape index (κ2) is 6.77. The molecule has 5 heteroatoms. The van der Waals surface area contributed by atoms with Crippen LogP contribution in [-0.2, 0) is 0 Å². The van der Waals surface area contributed by atoms with E-state index < -0.39 is 11.7 Å². The van der Waals surface area contributed by atoms with Gasteiger partial charge in [-0.3, -0.25) is 4.79 Å². The first-order chi connectivity index (χ1) is 9.61. The minimum Gasteiger partial charge on any atom is -0.321 e. The molecule has 0 bridgehead atoms. The van der Waals surface area contributed by atoms with Crippen LogP contribution in [0.25, 0.3) is 0 Å². The zero-order valence-corrected chi connectivity index (χ0v) is 12.4. The molecule has 104 valence electrons. The first-order valence-electron chi connectivity index (χ1n) is 6.10. The van der Waals surface area contributed by atoms with Crippen LogP contribution in [0.2, 0.25) is 5.02 Å². The van der Waals surface area contributed by atoms with Crippen molar-refractivity contribution in [2.75, 3.05) is 11.1 Å². The summed E-state index contributed by atoms with van der Waals surface area (Å²) in [6, 6.07) is 11.3. The van der Waals surface area contributed by atoms with Gasteiger partial charge >= 0.3 is 0 Å². The van der Waals surface area contributed by atoms with Crippen LogP contribution >= 0.6 is 23.4 Å². The Morgan fingerprint density at radius 2 is 2.05 bits per heavy atom. The van der Waals surface area contributed by atoms with Crippen LogP contribution in [0, 0.1) is 5.82 Å². The monoisotopic (exact) mass is 309 g/mol. The van der Waals surface area contributed by atoms with Crippen molar-refractivity contribution >= 4 is 35.0 Å². The predicted molar refractivity (Wildman–Crippen MR) is 82.2 cm³/mol. The Bertz CT molecular complexity index is 633. The second-order valence-electron chi connectivity index (χ2n) is 4.01. The van der Waals surface area contributed by atoms with Crippen LogP contribution in [0.5, 0.6) is 0 Å². The minimum atomic E-state index is -0.590. The Morgan fingerprint density at radius 1 is 1.30 bits per heavy atom. The number of amides is 1. The van der Waals surface area contributed by atoms with E-state index in [0.717, 1.165) is 10.6 Å². The van der Waals surface area contributed by atoms with Gasteiger partial charge in [0.25, 0.3) is 5.91 Å². The summed E-state index contributed by atoms with van der Waals surface area (Å²) in [4.78, 5) is 13.1. The lowest BCUT2D eigenvalue weighted by Crippen LogP contribution is -2.14. The lowest BCUT2D eigenvalue weighted by molar-refractivity contribution is 0.102. The average molecular weight is 310 g/mol. The molecule has 20 heavy (non-hydrogen) atoms. The molecule has 0 aliphatic heterocycles. The fourth-order valence-electron chi connectivity index (χ4n) is 1.71. The molecule has 0 saturated heterocycles. The fourth-order valence-corrected chi connectivity index (χ4v) is 2.64. The highest BCUT2D eigenvalue weighted by Gasteiger charge is 2.14. The van der Waals surface area contributed by atoms with E-state index in [1.54, 1.807) is 17.8 Å². The zero-order chi connectivity index (χ0) is 14.5. The van der Waals surface area contributed by atoms with Gasteiger partial charge in [-0.15, -0.1) is 11.8 Å². The molecule has 2 aromatic rings. The number of para-hydroxylation sites is 1. The van der Waals surface area contributed by atoms with Gasteiger partial charge in [0, 0.05) is 9.92 Å². The number of carbonyl (C=O) groups is 1. The molecule has 0 atom stereocenters. The minimum absolute atomic E-state index is 0.0613. The Morgan fingerprint density at radius 3 is 2.80 bits per heavy atom. The number of carbonyl (C=O) groups excluding carboxylic acids is 1. The van der Waals surface area contributed by atoms with Crippen LogP contribution in [0.1, 0.15) is 17.3 Å². The lowest BCUT2D eigenvalue weighted by atomic mass is 10.2. The Labute approximate surface area is 126 Å². The zero-order valence-electron chi connectivity index (χ0n) is 10.8. The van der Waals surface area contributed by atoms with Gasteiger partial charge in [-0.25, -0.2) is 4.39 Å². The summed E-state index contributed by atoms with van der Waals surface area (Å²) >= 11 is 7.41. The smallest absolute Gasteiger partial charge is 0.258 e. The Kier molecular flexibility index (Phi) is 5.04. The number of benzene rings is 2. The van der Waals surface area contributed by atoms with Crippen molar-refractivity contribution in [3.05, 3.63) is 58.9 Å². The maximum Gasteiger partial charge on any atom is 0.258 e. The molecule has 0 unspecified atom stereocenters. The van der Waals surface area contributed by atoms with Gasteiger partial charge in [0.1, 0.15) is 5.82 Å². The standard InChI is InChI=1S/C15H13ClFNOS/c1-2-20-14-6-4-3-5-13(14)18-15(19)11-9-10(16)7-8-12(11)17/h3-9H,2H2,1H3,(H,18,19). The van der Waals surface area contributed by atoms with Crippen LogP contribution in [0.3, 0.4) is 0 Å². The molecule has 0 saturated carbocycles. The highest BCUT2D eigenvalue weighted by molar-refractivity contribution is 7.99. The summed E-state index contributed by atoms with van der Waals surface area (Å²) in [5, 5.41) is 3.05. The number of hydrogen-bond donors (Lipinski definition) is 1. The first kappa shape index (κ1) is 14.9. The van der Waals surface area contributed by atoms with Gasteiger partial charge in [0.05, 0.1) is 11.3 Å². The highest BCUT2D eigenvalue weighted by atomic mass is 35.5. The van der Waals surface area contributed by atoms with Crippen molar-refractivity contribution in [3.8, 4) is 0 Å². The fraction of sp³-hybridized carbons (Fsp3) is 0.133. The van der Waals surface area contributed by atoms with Crippen LogP contribution in [-0.4, -0.2) is 11.7 Å². The predicted octanol–water partition coefficient (Wildman–Crippen LogP) is 4.84. The molecule has 0 spiro atoms. The van der Waals surface area contributed by atoms with E-state index in [-0.39, 0.29) is 5.56 Å². The summed E-state index contributed by atoms with van der Waals surface area (Å²) in [5.41, 5.74) is 0.609. The number of rotatable bonds is 4. The molecular formula is C15H13ClFNOS. The molecule has 2 aromatic carbocycles. The molecule has 2 rings (SSSR count). The van der Waals surface area contributed by atoms with E-state index >= 15 is 0 Å². The van der Waals surface area contributed by atoms with Crippen molar-refractivity contribution in [3.63, 3.8) is 0 Å². The Balaban J connectivity index is 2.26. The van der Waals surface area contributed by atoms with Crippen LogP contribution in [0.15, 0.2) is 47.4 Å². The van der Waals surface area contributed by atoms with Crippen LogP contribution < -0.4 is 5.32 Å². The van der Waals surface area contributed by atoms with Gasteiger partial charge in [-0.2, -0.15) is 0 Å².